The number of ether oxygens (including phenoxy) is 1. The number of rotatable bonds is 9. The fourth-order valence-corrected chi connectivity index (χ4v) is 1.96. The Bertz CT molecular complexity index is 236. The minimum Gasteiger partial charge on any atom is -0.380 e. The van der Waals surface area contributed by atoms with Gasteiger partial charge in [-0.05, 0) is 12.8 Å². The SMILES string of the molecule is C=CCCOCCNS(=O)(=O)CCC. The van der Waals surface area contributed by atoms with Crippen LogP contribution in [0.25, 0.3) is 0 Å². The van der Waals surface area contributed by atoms with Crippen molar-refractivity contribution in [3.8, 4) is 0 Å². The third-order valence-electron chi connectivity index (χ3n) is 1.51. The van der Waals surface area contributed by atoms with Gasteiger partial charge in [-0.2, -0.15) is 0 Å². The molecule has 0 aliphatic carbocycles. The summed E-state index contributed by atoms with van der Waals surface area (Å²) in [5.41, 5.74) is 0. The van der Waals surface area contributed by atoms with Crippen LogP contribution >= 0.6 is 0 Å². The topological polar surface area (TPSA) is 55.4 Å². The maximum atomic E-state index is 11.1. The summed E-state index contributed by atoms with van der Waals surface area (Å²) in [5, 5.41) is 0. The van der Waals surface area contributed by atoms with Gasteiger partial charge in [0.1, 0.15) is 0 Å². The standard InChI is InChI=1S/C9H19NO3S/c1-3-5-7-13-8-6-10-14(11,12)9-4-2/h3,10H,1,4-9H2,2H3. The average Bonchev–Trinajstić information content (AvgIpc) is 2.11. The molecule has 0 saturated heterocycles. The lowest BCUT2D eigenvalue weighted by Gasteiger charge is -2.05. The van der Waals surface area contributed by atoms with Crippen LogP contribution in [0.1, 0.15) is 19.8 Å². The van der Waals surface area contributed by atoms with E-state index >= 15 is 0 Å². The molecular formula is C9H19NO3S. The fraction of sp³-hybridized carbons (Fsp3) is 0.778. The summed E-state index contributed by atoms with van der Waals surface area (Å²) in [4.78, 5) is 0. The molecule has 0 aliphatic heterocycles. The van der Waals surface area contributed by atoms with Crippen LogP contribution in [0, 0.1) is 0 Å². The molecule has 0 aromatic rings. The minimum absolute atomic E-state index is 0.180. The van der Waals surface area contributed by atoms with Crippen LogP contribution in [0.3, 0.4) is 0 Å². The van der Waals surface area contributed by atoms with Crippen molar-refractivity contribution in [2.75, 3.05) is 25.5 Å². The van der Waals surface area contributed by atoms with Crippen molar-refractivity contribution in [3.63, 3.8) is 0 Å². The number of sulfonamides is 1. The zero-order valence-corrected chi connectivity index (χ0v) is 9.48. The van der Waals surface area contributed by atoms with E-state index < -0.39 is 10.0 Å². The van der Waals surface area contributed by atoms with Crippen molar-refractivity contribution in [1.82, 2.24) is 4.72 Å². The van der Waals surface area contributed by atoms with Gasteiger partial charge in [0.05, 0.1) is 19.0 Å². The van der Waals surface area contributed by atoms with Crippen LogP contribution in [0.5, 0.6) is 0 Å². The number of hydrogen-bond acceptors (Lipinski definition) is 3. The van der Waals surface area contributed by atoms with Crippen molar-refractivity contribution < 1.29 is 13.2 Å². The molecule has 1 N–H and O–H groups in total. The minimum atomic E-state index is -3.07. The second-order valence-corrected chi connectivity index (χ2v) is 4.83. The lowest BCUT2D eigenvalue weighted by molar-refractivity contribution is 0.144. The van der Waals surface area contributed by atoms with Gasteiger partial charge in [0.15, 0.2) is 0 Å². The summed E-state index contributed by atoms with van der Waals surface area (Å²) >= 11 is 0. The van der Waals surface area contributed by atoms with Crippen molar-refractivity contribution >= 4 is 10.0 Å². The average molecular weight is 221 g/mol. The fourth-order valence-electron chi connectivity index (χ4n) is 0.879. The summed E-state index contributed by atoms with van der Waals surface area (Å²) in [5.74, 6) is 0.180. The van der Waals surface area contributed by atoms with E-state index in [1.54, 1.807) is 6.08 Å². The van der Waals surface area contributed by atoms with E-state index in [9.17, 15) is 8.42 Å². The molecule has 14 heavy (non-hydrogen) atoms. The predicted molar refractivity (Wildman–Crippen MR) is 57.7 cm³/mol. The molecule has 0 spiro atoms. The maximum Gasteiger partial charge on any atom is 0.211 e. The molecule has 0 rings (SSSR count). The summed E-state index contributed by atoms with van der Waals surface area (Å²) in [6.07, 6.45) is 3.19. The van der Waals surface area contributed by atoms with Crippen LogP contribution in [0.4, 0.5) is 0 Å². The molecule has 0 saturated carbocycles. The van der Waals surface area contributed by atoms with E-state index in [0.29, 0.717) is 26.2 Å². The smallest absolute Gasteiger partial charge is 0.211 e. The Morgan fingerprint density at radius 3 is 2.71 bits per heavy atom. The van der Waals surface area contributed by atoms with Crippen LogP contribution in [-0.4, -0.2) is 33.9 Å². The van der Waals surface area contributed by atoms with Gasteiger partial charge < -0.3 is 4.74 Å². The lowest BCUT2D eigenvalue weighted by atomic mass is 10.5. The Balaban J connectivity index is 3.39. The summed E-state index contributed by atoms with van der Waals surface area (Å²) in [6, 6.07) is 0. The van der Waals surface area contributed by atoms with E-state index in [2.05, 4.69) is 11.3 Å². The Kier molecular flexibility index (Phi) is 7.74. The third-order valence-corrected chi connectivity index (χ3v) is 3.10. The Morgan fingerprint density at radius 2 is 2.14 bits per heavy atom. The van der Waals surface area contributed by atoms with Gasteiger partial charge in [0.2, 0.25) is 10.0 Å². The van der Waals surface area contributed by atoms with Crippen LogP contribution in [0.2, 0.25) is 0 Å². The van der Waals surface area contributed by atoms with E-state index in [-0.39, 0.29) is 5.75 Å². The van der Waals surface area contributed by atoms with Gasteiger partial charge >= 0.3 is 0 Å². The van der Waals surface area contributed by atoms with Crippen molar-refractivity contribution in [2.24, 2.45) is 0 Å². The van der Waals surface area contributed by atoms with Gasteiger partial charge in [-0.3, -0.25) is 0 Å². The first-order chi connectivity index (χ1) is 6.62. The molecule has 84 valence electrons. The van der Waals surface area contributed by atoms with E-state index in [1.807, 2.05) is 6.92 Å². The zero-order chi connectivity index (χ0) is 10.9. The van der Waals surface area contributed by atoms with E-state index in [1.165, 1.54) is 0 Å². The maximum absolute atomic E-state index is 11.1. The van der Waals surface area contributed by atoms with Gasteiger partial charge in [0, 0.05) is 6.54 Å². The van der Waals surface area contributed by atoms with Gasteiger partial charge in [-0.25, -0.2) is 13.1 Å². The molecule has 0 fully saturated rings. The molecule has 0 heterocycles. The van der Waals surface area contributed by atoms with Crippen LogP contribution < -0.4 is 4.72 Å². The summed E-state index contributed by atoms with van der Waals surface area (Å²) in [7, 11) is -3.07. The monoisotopic (exact) mass is 221 g/mol. The highest BCUT2D eigenvalue weighted by Crippen LogP contribution is 1.88. The number of nitrogens with one attached hydrogen (secondary N) is 1. The molecule has 0 bridgehead atoms. The molecular weight excluding hydrogens is 202 g/mol. The van der Waals surface area contributed by atoms with Gasteiger partial charge in [-0.15, -0.1) is 6.58 Å². The van der Waals surface area contributed by atoms with Gasteiger partial charge in [0.25, 0.3) is 0 Å². The second-order valence-electron chi connectivity index (χ2n) is 2.90. The predicted octanol–water partition coefficient (Wildman–Crippen LogP) is 0.909. The molecule has 0 aromatic carbocycles. The second kappa shape index (κ2) is 7.96. The van der Waals surface area contributed by atoms with Gasteiger partial charge in [-0.1, -0.05) is 13.0 Å². The molecule has 5 heteroatoms. The quantitative estimate of drug-likeness (QED) is 0.465. The van der Waals surface area contributed by atoms with Crippen molar-refractivity contribution in [3.05, 3.63) is 12.7 Å². The normalized spacial score (nSPS) is 11.5. The summed E-state index contributed by atoms with van der Waals surface area (Å²) in [6.45, 7) is 6.74. The van der Waals surface area contributed by atoms with Crippen LogP contribution in [-0.2, 0) is 14.8 Å². The Hall–Kier alpha value is -0.390. The van der Waals surface area contributed by atoms with E-state index in [0.717, 1.165) is 6.42 Å². The largest absolute Gasteiger partial charge is 0.380 e. The molecule has 0 aromatic heterocycles. The third kappa shape index (κ3) is 8.22. The molecule has 0 atom stereocenters. The molecule has 0 aliphatic rings. The zero-order valence-electron chi connectivity index (χ0n) is 8.66. The molecule has 0 amide bonds. The van der Waals surface area contributed by atoms with Crippen molar-refractivity contribution in [2.45, 2.75) is 19.8 Å². The highest BCUT2D eigenvalue weighted by molar-refractivity contribution is 7.89. The number of hydrogen-bond donors (Lipinski definition) is 1. The van der Waals surface area contributed by atoms with E-state index in [4.69, 9.17) is 4.74 Å². The lowest BCUT2D eigenvalue weighted by Crippen LogP contribution is -2.29. The Morgan fingerprint density at radius 1 is 1.43 bits per heavy atom. The highest BCUT2D eigenvalue weighted by Gasteiger charge is 2.06. The molecule has 4 nitrogen and oxygen atoms in total. The molecule has 0 unspecified atom stereocenters. The van der Waals surface area contributed by atoms with Crippen LogP contribution in [0.15, 0.2) is 12.7 Å². The Labute approximate surface area is 86.4 Å². The first-order valence-electron chi connectivity index (χ1n) is 4.78. The highest BCUT2D eigenvalue weighted by atomic mass is 32.2. The first-order valence-corrected chi connectivity index (χ1v) is 6.43. The first kappa shape index (κ1) is 13.6. The van der Waals surface area contributed by atoms with Crippen molar-refractivity contribution in [1.29, 1.82) is 0 Å². The molecule has 0 radical (unpaired) electrons. The summed E-state index contributed by atoms with van der Waals surface area (Å²) < 4.78 is 29.9.